The van der Waals surface area contributed by atoms with E-state index < -0.39 is 0 Å². The van der Waals surface area contributed by atoms with Gasteiger partial charge >= 0.3 is 0 Å². The fraction of sp³-hybridized carbons (Fsp3) is 0.389. The lowest BCUT2D eigenvalue weighted by molar-refractivity contribution is 0.0383. The van der Waals surface area contributed by atoms with Crippen LogP contribution in [0.5, 0.6) is 0 Å². The van der Waals surface area contributed by atoms with E-state index >= 15 is 0 Å². The van der Waals surface area contributed by atoms with E-state index in [0.717, 1.165) is 38.4 Å². The van der Waals surface area contributed by atoms with Crippen LogP contribution in [0.1, 0.15) is 16.1 Å². The molecule has 132 valence electrons. The number of morpholine rings is 1. The molecule has 1 aliphatic heterocycles. The van der Waals surface area contributed by atoms with E-state index in [0.29, 0.717) is 24.6 Å². The SMILES string of the molecule is O=C(NCCN1CCOCC1)c1cc(NCc2ccccc2)ncn1. The first kappa shape index (κ1) is 17.3. The van der Waals surface area contributed by atoms with Crippen LogP contribution in [0, 0.1) is 0 Å². The van der Waals surface area contributed by atoms with Gasteiger partial charge in [-0.2, -0.15) is 0 Å². The number of hydrogen-bond donors (Lipinski definition) is 2. The first-order valence-corrected chi connectivity index (χ1v) is 8.49. The molecule has 0 atom stereocenters. The molecule has 2 heterocycles. The van der Waals surface area contributed by atoms with E-state index in [4.69, 9.17) is 4.74 Å². The molecule has 0 aliphatic carbocycles. The maximum atomic E-state index is 12.2. The minimum Gasteiger partial charge on any atom is -0.379 e. The monoisotopic (exact) mass is 341 g/mol. The van der Waals surface area contributed by atoms with Gasteiger partial charge < -0.3 is 15.4 Å². The fourth-order valence-corrected chi connectivity index (χ4v) is 2.61. The Morgan fingerprint density at radius 1 is 1.16 bits per heavy atom. The Labute approximate surface area is 147 Å². The molecule has 0 bridgehead atoms. The smallest absolute Gasteiger partial charge is 0.270 e. The van der Waals surface area contributed by atoms with E-state index in [1.807, 2.05) is 30.3 Å². The number of hydrogen-bond acceptors (Lipinski definition) is 6. The van der Waals surface area contributed by atoms with Crippen molar-refractivity contribution in [2.75, 3.05) is 44.7 Å². The van der Waals surface area contributed by atoms with Crippen LogP contribution < -0.4 is 10.6 Å². The van der Waals surface area contributed by atoms with Gasteiger partial charge in [0.1, 0.15) is 17.8 Å². The second kappa shape index (κ2) is 9.10. The molecule has 1 aliphatic rings. The summed E-state index contributed by atoms with van der Waals surface area (Å²) in [5.74, 6) is 0.454. The van der Waals surface area contributed by atoms with Crippen LogP contribution in [0.15, 0.2) is 42.7 Å². The molecular formula is C18H23N5O2. The van der Waals surface area contributed by atoms with Crippen molar-refractivity contribution in [1.82, 2.24) is 20.2 Å². The predicted octanol–water partition coefficient (Wildman–Crippen LogP) is 1.15. The Kier molecular flexibility index (Phi) is 6.30. The second-order valence-electron chi connectivity index (χ2n) is 5.84. The van der Waals surface area contributed by atoms with Crippen LogP contribution in [-0.2, 0) is 11.3 Å². The molecule has 1 aromatic carbocycles. The van der Waals surface area contributed by atoms with Gasteiger partial charge in [0.25, 0.3) is 5.91 Å². The van der Waals surface area contributed by atoms with Gasteiger partial charge in [0.2, 0.25) is 0 Å². The highest BCUT2D eigenvalue weighted by Crippen LogP contribution is 2.07. The zero-order valence-corrected chi connectivity index (χ0v) is 14.1. The van der Waals surface area contributed by atoms with Crippen molar-refractivity contribution in [2.24, 2.45) is 0 Å². The number of rotatable bonds is 7. The summed E-state index contributed by atoms with van der Waals surface area (Å²) in [4.78, 5) is 22.7. The lowest BCUT2D eigenvalue weighted by atomic mass is 10.2. The average molecular weight is 341 g/mol. The van der Waals surface area contributed by atoms with Gasteiger partial charge in [0, 0.05) is 38.8 Å². The highest BCUT2D eigenvalue weighted by Gasteiger charge is 2.12. The Hall–Kier alpha value is -2.51. The second-order valence-corrected chi connectivity index (χ2v) is 5.84. The standard InChI is InChI=1S/C18H23N5O2/c24-18(19-6-7-23-8-10-25-11-9-23)16-12-17(22-14-21-16)20-13-15-4-2-1-3-5-15/h1-5,12,14H,6-11,13H2,(H,19,24)(H,20,21,22). The number of anilines is 1. The van der Waals surface area contributed by atoms with Crippen molar-refractivity contribution in [3.8, 4) is 0 Å². The molecular weight excluding hydrogens is 318 g/mol. The summed E-state index contributed by atoms with van der Waals surface area (Å²) in [6.07, 6.45) is 1.41. The highest BCUT2D eigenvalue weighted by atomic mass is 16.5. The van der Waals surface area contributed by atoms with E-state index in [2.05, 4.69) is 25.5 Å². The van der Waals surface area contributed by atoms with Crippen molar-refractivity contribution in [2.45, 2.75) is 6.54 Å². The van der Waals surface area contributed by atoms with Crippen molar-refractivity contribution in [3.05, 3.63) is 54.0 Å². The summed E-state index contributed by atoms with van der Waals surface area (Å²) in [5.41, 5.74) is 1.52. The molecule has 2 N–H and O–H groups in total. The van der Waals surface area contributed by atoms with Gasteiger partial charge in [0.05, 0.1) is 13.2 Å². The summed E-state index contributed by atoms with van der Waals surface area (Å²) in [7, 11) is 0. The van der Waals surface area contributed by atoms with Crippen molar-refractivity contribution in [1.29, 1.82) is 0 Å². The number of benzene rings is 1. The zero-order chi connectivity index (χ0) is 17.3. The molecule has 1 saturated heterocycles. The van der Waals surface area contributed by atoms with Crippen molar-refractivity contribution >= 4 is 11.7 Å². The van der Waals surface area contributed by atoms with Crippen LogP contribution in [-0.4, -0.2) is 60.2 Å². The van der Waals surface area contributed by atoms with Crippen LogP contribution >= 0.6 is 0 Å². The molecule has 0 unspecified atom stereocenters. The normalized spacial score (nSPS) is 14.9. The molecule has 1 fully saturated rings. The molecule has 2 aromatic rings. The number of nitrogens with zero attached hydrogens (tertiary/aromatic N) is 3. The third-order valence-electron chi connectivity index (χ3n) is 4.03. The summed E-state index contributed by atoms with van der Waals surface area (Å²) in [6, 6.07) is 11.7. The lowest BCUT2D eigenvalue weighted by Crippen LogP contribution is -2.41. The maximum Gasteiger partial charge on any atom is 0.270 e. The molecule has 25 heavy (non-hydrogen) atoms. The number of amides is 1. The number of carbonyl (C=O) groups is 1. The number of aromatic nitrogens is 2. The molecule has 7 nitrogen and oxygen atoms in total. The summed E-state index contributed by atoms with van der Waals surface area (Å²) in [6.45, 7) is 5.41. The number of nitrogens with one attached hydrogen (secondary N) is 2. The lowest BCUT2D eigenvalue weighted by Gasteiger charge is -2.26. The number of ether oxygens (including phenoxy) is 1. The average Bonchev–Trinajstić information content (AvgIpc) is 2.68. The van der Waals surface area contributed by atoms with Crippen LogP contribution in [0.4, 0.5) is 5.82 Å². The summed E-state index contributed by atoms with van der Waals surface area (Å²) >= 11 is 0. The Balaban J connectivity index is 1.47. The Bertz CT molecular complexity index is 674. The maximum absolute atomic E-state index is 12.2. The summed E-state index contributed by atoms with van der Waals surface area (Å²) in [5, 5.41) is 6.12. The first-order chi connectivity index (χ1) is 12.3. The van der Waals surface area contributed by atoms with Crippen molar-refractivity contribution < 1.29 is 9.53 Å². The molecule has 7 heteroatoms. The van der Waals surface area contributed by atoms with Gasteiger partial charge in [-0.15, -0.1) is 0 Å². The molecule has 0 spiro atoms. The van der Waals surface area contributed by atoms with Crippen LogP contribution in [0.25, 0.3) is 0 Å². The first-order valence-electron chi connectivity index (χ1n) is 8.49. The van der Waals surface area contributed by atoms with E-state index in [-0.39, 0.29) is 5.91 Å². The van der Waals surface area contributed by atoms with Crippen molar-refractivity contribution in [3.63, 3.8) is 0 Å². The molecule has 1 aromatic heterocycles. The Morgan fingerprint density at radius 3 is 2.76 bits per heavy atom. The zero-order valence-electron chi connectivity index (χ0n) is 14.1. The van der Waals surface area contributed by atoms with E-state index in [1.54, 1.807) is 6.07 Å². The fourth-order valence-electron chi connectivity index (χ4n) is 2.61. The summed E-state index contributed by atoms with van der Waals surface area (Å²) < 4.78 is 5.31. The van der Waals surface area contributed by atoms with Crippen LogP contribution in [0.3, 0.4) is 0 Å². The Morgan fingerprint density at radius 2 is 1.96 bits per heavy atom. The third kappa shape index (κ3) is 5.51. The molecule has 1 amide bonds. The van der Waals surface area contributed by atoms with Gasteiger partial charge in [0.15, 0.2) is 0 Å². The topological polar surface area (TPSA) is 79.4 Å². The van der Waals surface area contributed by atoms with Gasteiger partial charge in [-0.05, 0) is 5.56 Å². The predicted molar refractivity (Wildman–Crippen MR) is 95.4 cm³/mol. The molecule has 0 radical (unpaired) electrons. The minimum absolute atomic E-state index is 0.182. The number of carbonyl (C=O) groups excluding carboxylic acids is 1. The van der Waals surface area contributed by atoms with Gasteiger partial charge in [-0.25, -0.2) is 9.97 Å². The van der Waals surface area contributed by atoms with Gasteiger partial charge in [-0.3, -0.25) is 9.69 Å². The highest BCUT2D eigenvalue weighted by molar-refractivity contribution is 5.92. The van der Waals surface area contributed by atoms with Gasteiger partial charge in [-0.1, -0.05) is 30.3 Å². The van der Waals surface area contributed by atoms with E-state index in [1.165, 1.54) is 6.33 Å². The third-order valence-corrected chi connectivity index (χ3v) is 4.03. The molecule has 3 rings (SSSR count). The quantitative estimate of drug-likeness (QED) is 0.786. The minimum atomic E-state index is -0.182. The largest absolute Gasteiger partial charge is 0.379 e. The van der Waals surface area contributed by atoms with Crippen LogP contribution in [0.2, 0.25) is 0 Å². The molecule has 0 saturated carbocycles. The van der Waals surface area contributed by atoms with E-state index in [9.17, 15) is 4.79 Å².